The van der Waals surface area contributed by atoms with E-state index in [0.29, 0.717) is 24.8 Å². The minimum Gasteiger partial charge on any atom is -0.493 e. The first-order valence-corrected chi connectivity index (χ1v) is 10.7. The number of methoxy groups -OCH3 is 1. The Morgan fingerprint density at radius 2 is 1.94 bits per heavy atom. The van der Waals surface area contributed by atoms with Gasteiger partial charge in [-0.2, -0.15) is 0 Å². The zero-order valence-electron chi connectivity index (χ0n) is 19.2. The quantitative estimate of drug-likeness (QED) is 0.165. The van der Waals surface area contributed by atoms with Gasteiger partial charge in [0.2, 0.25) is 0 Å². The molecule has 178 valence electrons. The van der Waals surface area contributed by atoms with Crippen molar-refractivity contribution in [2.75, 3.05) is 27.3 Å². The lowest BCUT2D eigenvalue weighted by Gasteiger charge is -2.13. The topological polar surface area (TPSA) is 72.7 Å². The molecule has 2 aromatic carbocycles. The SMILES string of the molecule is CCOc1cc(CCCNC(=NC)NCc2ccc(-n3ccnc3)c(F)c2)ccc1OC.I. The van der Waals surface area contributed by atoms with Gasteiger partial charge in [0.15, 0.2) is 17.5 Å². The molecule has 0 atom stereocenters. The van der Waals surface area contributed by atoms with E-state index < -0.39 is 0 Å². The van der Waals surface area contributed by atoms with E-state index in [-0.39, 0.29) is 29.8 Å². The van der Waals surface area contributed by atoms with Gasteiger partial charge in [0, 0.05) is 32.5 Å². The largest absolute Gasteiger partial charge is 0.493 e. The summed E-state index contributed by atoms with van der Waals surface area (Å²) in [6.07, 6.45) is 6.73. The third-order valence-electron chi connectivity index (χ3n) is 4.94. The van der Waals surface area contributed by atoms with Gasteiger partial charge in [0.1, 0.15) is 5.82 Å². The van der Waals surface area contributed by atoms with E-state index in [4.69, 9.17) is 9.47 Å². The molecular formula is C24H31FIN5O2. The van der Waals surface area contributed by atoms with Gasteiger partial charge in [0.25, 0.3) is 0 Å². The molecule has 33 heavy (non-hydrogen) atoms. The Kier molecular flexibility index (Phi) is 10.9. The van der Waals surface area contributed by atoms with Crippen LogP contribution in [0.5, 0.6) is 11.5 Å². The molecule has 0 fully saturated rings. The number of aryl methyl sites for hydroxylation is 1. The van der Waals surface area contributed by atoms with Crippen molar-refractivity contribution in [2.45, 2.75) is 26.3 Å². The zero-order valence-corrected chi connectivity index (χ0v) is 21.5. The molecule has 3 rings (SSSR count). The predicted molar refractivity (Wildman–Crippen MR) is 140 cm³/mol. The molecule has 0 radical (unpaired) electrons. The molecule has 0 aliphatic heterocycles. The van der Waals surface area contributed by atoms with Crippen molar-refractivity contribution < 1.29 is 13.9 Å². The van der Waals surface area contributed by atoms with Crippen LogP contribution in [0.1, 0.15) is 24.5 Å². The Bertz CT molecular complexity index is 1030. The number of nitrogens with zero attached hydrogens (tertiary/aromatic N) is 3. The molecule has 0 saturated heterocycles. The van der Waals surface area contributed by atoms with E-state index in [1.165, 1.54) is 11.6 Å². The van der Waals surface area contributed by atoms with Crippen LogP contribution in [0.2, 0.25) is 0 Å². The predicted octanol–water partition coefficient (Wildman–Crippen LogP) is 4.33. The van der Waals surface area contributed by atoms with E-state index in [2.05, 4.69) is 26.7 Å². The van der Waals surface area contributed by atoms with Crippen LogP contribution in [0.4, 0.5) is 4.39 Å². The second-order valence-corrected chi connectivity index (χ2v) is 7.13. The number of hydrogen-bond donors (Lipinski definition) is 2. The molecule has 9 heteroatoms. The summed E-state index contributed by atoms with van der Waals surface area (Å²) in [5.74, 6) is 1.89. The maximum Gasteiger partial charge on any atom is 0.191 e. The average Bonchev–Trinajstić information content (AvgIpc) is 3.34. The zero-order chi connectivity index (χ0) is 22.8. The van der Waals surface area contributed by atoms with Crippen molar-refractivity contribution in [2.24, 2.45) is 4.99 Å². The van der Waals surface area contributed by atoms with Crippen LogP contribution in [0.3, 0.4) is 0 Å². The summed E-state index contributed by atoms with van der Waals surface area (Å²) < 4.78 is 27.0. The molecule has 0 bridgehead atoms. The Morgan fingerprint density at radius 3 is 2.61 bits per heavy atom. The summed E-state index contributed by atoms with van der Waals surface area (Å²) >= 11 is 0. The molecule has 0 spiro atoms. The molecule has 0 unspecified atom stereocenters. The second-order valence-electron chi connectivity index (χ2n) is 7.13. The number of imidazole rings is 1. The van der Waals surface area contributed by atoms with Crippen molar-refractivity contribution >= 4 is 29.9 Å². The monoisotopic (exact) mass is 567 g/mol. The molecule has 0 amide bonds. The summed E-state index contributed by atoms with van der Waals surface area (Å²) in [5.41, 5.74) is 2.49. The van der Waals surface area contributed by atoms with Gasteiger partial charge < -0.3 is 24.7 Å². The minimum atomic E-state index is -0.295. The number of guanidine groups is 1. The van der Waals surface area contributed by atoms with Crippen LogP contribution in [0.15, 0.2) is 60.1 Å². The third kappa shape index (κ3) is 7.62. The second kappa shape index (κ2) is 13.7. The van der Waals surface area contributed by atoms with Crippen molar-refractivity contribution in [1.29, 1.82) is 0 Å². The van der Waals surface area contributed by atoms with Crippen molar-refractivity contribution in [3.63, 3.8) is 0 Å². The maximum absolute atomic E-state index is 14.4. The molecule has 2 N–H and O–H groups in total. The van der Waals surface area contributed by atoms with E-state index in [1.807, 2.05) is 25.1 Å². The fourth-order valence-electron chi connectivity index (χ4n) is 3.32. The van der Waals surface area contributed by atoms with Crippen LogP contribution in [-0.2, 0) is 13.0 Å². The third-order valence-corrected chi connectivity index (χ3v) is 4.94. The standard InChI is InChI=1S/C24H30FN5O2.HI/c1-4-32-23-15-18(8-10-22(23)31-3)6-5-11-28-24(26-2)29-16-19-7-9-21(20(25)14-19)30-13-12-27-17-30;/h7-10,12-15,17H,4-6,11,16H2,1-3H3,(H2,26,28,29);1H. The van der Waals surface area contributed by atoms with Gasteiger partial charge in [-0.15, -0.1) is 24.0 Å². The van der Waals surface area contributed by atoms with Crippen LogP contribution in [0, 0.1) is 5.82 Å². The first kappa shape index (κ1) is 26.4. The van der Waals surface area contributed by atoms with Crippen molar-refractivity contribution in [3.8, 4) is 17.2 Å². The first-order chi connectivity index (χ1) is 15.6. The highest BCUT2D eigenvalue weighted by molar-refractivity contribution is 14.0. The number of halogens is 2. The smallest absolute Gasteiger partial charge is 0.191 e. The van der Waals surface area contributed by atoms with E-state index in [9.17, 15) is 4.39 Å². The summed E-state index contributed by atoms with van der Waals surface area (Å²) in [5, 5.41) is 6.52. The fourth-order valence-corrected chi connectivity index (χ4v) is 3.32. The molecule has 3 aromatic rings. The van der Waals surface area contributed by atoms with Gasteiger partial charge in [-0.3, -0.25) is 4.99 Å². The van der Waals surface area contributed by atoms with Crippen molar-refractivity contribution in [3.05, 3.63) is 72.1 Å². The van der Waals surface area contributed by atoms with E-state index >= 15 is 0 Å². The van der Waals surface area contributed by atoms with Gasteiger partial charge in [-0.25, -0.2) is 9.37 Å². The highest BCUT2D eigenvalue weighted by atomic mass is 127. The highest BCUT2D eigenvalue weighted by Crippen LogP contribution is 2.28. The van der Waals surface area contributed by atoms with E-state index in [0.717, 1.165) is 36.4 Å². The number of benzene rings is 2. The van der Waals surface area contributed by atoms with E-state index in [1.54, 1.807) is 43.5 Å². The summed E-state index contributed by atoms with van der Waals surface area (Å²) in [7, 11) is 3.36. The Hall–Kier alpha value is -2.82. The highest BCUT2D eigenvalue weighted by Gasteiger charge is 2.07. The Morgan fingerprint density at radius 1 is 1.12 bits per heavy atom. The van der Waals surface area contributed by atoms with Crippen LogP contribution in [0.25, 0.3) is 5.69 Å². The first-order valence-electron chi connectivity index (χ1n) is 10.7. The number of rotatable bonds is 10. The maximum atomic E-state index is 14.4. The Labute approximate surface area is 211 Å². The van der Waals surface area contributed by atoms with Crippen LogP contribution in [-0.4, -0.2) is 42.8 Å². The number of hydrogen-bond acceptors (Lipinski definition) is 4. The molecule has 0 aliphatic rings. The number of aliphatic imine (C=N–C) groups is 1. The number of ether oxygens (including phenoxy) is 2. The van der Waals surface area contributed by atoms with Crippen LogP contribution >= 0.6 is 24.0 Å². The minimum absolute atomic E-state index is 0. The lowest BCUT2D eigenvalue weighted by Crippen LogP contribution is -2.37. The van der Waals surface area contributed by atoms with Gasteiger partial charge in [0.05, 0.1) is 25.7 Å². The summed E-state index contributed by atoms with van der Waals surface area (Å²) in [6.45, 7) is 3.78. The number of nitrogens with one attached hydrogen (secondary N) is 2. The van der Waals surface area contributed by atoms with Gasteiger partial charge >= 0.3 is 0 Å². The van der Waals surface area contributed by atoms with Crippen molar-refractivity contribution in [1.82, 2.24) is 20.2 Å². The molecular weight excluding hydrogens is 536 g/mol. The summed E-state index contributed by atoms with van der Waals surface area (Å²) in [4.78, 5) is 8.20. The number of aromatic nitrogens is 2. The normalized spacial score (nSPS) is 11.0. The molecule has 1 heterocycles. The van der Waals surface area contributed by atoms with Crippen LogP contribution < -0.4 is 20.1 Å². The lowest BCUT2D eigenvalue weighted by atomic mass is 10.1. The molecule has 0 aliphatic carbocycles. The van der Waals surface area contributed by atoms with Gasteiger partial charge in [-0.05, 0) is 55.2 Å². The molecule has 7 nitrogen and oxygen atoms in total. The molecule has 0 saturated carbocycles. The summed E-state index contributed by atoms with van der Waals surface area (Å²) in [6, 6.07) is 11.2. The van der Waals surface area contributed by atoms with Gasteiger partial charge in [-0.1, -0.05) is 12.1 Å². The Balaban J connectivity index is 0.00000385. The fraction of sp³-hybridized carbons (Fsp3) is 0.333. The molecule has 1 aromatic heterocycles. The average molecular weight is 567 g/mol. The lowest BCUT2D eigenvalue weighted by molar-refractivity contribution is 0.310.